The monoisotopic (exact) mass is 605 g/mol. The molecule has 6 heterocycles. The number of fused-ring (bicyclic) bond motifs is 3. The lowest BCUT2D eigenvalue weighted by Gasteiger charge is -2.29. The maximum absolute atomic E-state index is 13.2. The molecular formula is C32H40ClN7O3. The molecule has 1 fully saturated rings. The summed E-state index contributed by atoms with van der Waals surface area (Å²) in [7, 11) is 0. The maximum Gasteiger partial charge on any atom is 0.255 e. The zero-order valence-electron chi connectivity index (χ0n) is 24.6. The first-order valence-corrected chi connectivity index (χ1v) is 15.6. The van der Waals surface area contributed by atoms with E-state index in [1.807, 2.05) is 12.1 Å². The van der Waals surface area contributed by atoms with E-state index in [2.05, 4.69) is 37.8 Å². The van der Waals surface area contributed by atoms with E-state index in [1.165, 1.54) is 61.6 Å². The molecule has 1 saturated heterocycles. The van der Waals surface area contributed by atoms with E-state index < -0.39 is 6.04 Å². The highest BCUT2D eigenvalue weighted by Gasteiger charge is 2.39. The van der Waals surface area contributed by atoms with Crippen molar-refractivity contribution in [2.45, 2.75) is 110 Å². The van der Waals surface area contributed by atoms with E-state index in [4.69, 9.17) is 9.97 Å². The van der Waals surface area contributed by atoms with Crippen LogP contribution < -0.4 is 5.32 Å². The molecular weight excluding hydrogens is 566 g/mol. The Kier molecular flexibility index (Phi) is 8.68. The molecule has 1 aromatic carbocycles. The Labute approximate surface area is 258 Å². The van der Waals surface area contributed by atoms with Gasteiger partial charge in [0.1, 0.15) is 17.7 Å². The molecule has 0 bridgehead atoms. The number of hydrogen-bond acceptors (Lipinski definition) is 6. The van der Waals surface area contributed by atoms with Crippen molar-refractivity contribution in [2.75, 3.05) is 0 Å². The lowest BCUT2D eigenvalue weighted by Crippen LogP contribution is -2.52. The average Bonchev–Trinajstić information content (AvgIpc) is 3.48. The van der Waals surface area contributed by atoms with Gasteiger partial charge in [0, 0.05) is 76.5 Å². The van der Waals surface area contributed by atoms with Crippen molar-refractivity contribution >= 4 is 30.1 Å². The third-order valence-electron chi connectivity index (χ3n) is 9.37. The van der Waals surface area contributed by atoms with E-state index in [-0.39, 0.29) is 36.5 Å². The largest absolute Gasteiger partial charge is 0.331 e. The van der Waals surface area contributed by atoms with E-state index in [0.29, 0.717) is 18.5 Å². The summed E-state index contributed by atoms with van der Waals surface area (Å²) in [6, 6.07) is 5.48. The minimum atomic E-state index is -0.600. The van der Waals surface area contributed by atoms with Gasteiger partial charge in [0.05, 0.1) is 11.4 Å². The quantitative estimate of drug-likeness (QED) is 0.409. The summed E-state index contributed by atoms with van der Waals surface area (Å²) >= 11 is 0. The predicted molar refractivity (Wildman–Crippen MR) is 162 cm³/mol. The van der Waals surface area contributed by atoms with Crippen LogP contribution in [-0.2, 0) is 61.7 Å². The van der Waals surface area contributed by atoms with Gasteiger partial charge in [-0.15, -0.1) is 12.4 Å². The van der Waals surface area contributed by atoms with Gasteiger partial charge in [-0.3, -0.25) is 24.6 Å². The predicted octanol–water partition coefficient (Wildman–Crippen LogP) is 3.92. The molecule has 0 spiro atoms. The minimum Gasteiger partial charge on any atom is -0.331 e. The highest BCUT2D eigenvalue weighted by atomic mass is 35.5. The Bertz CT molecular complexity index is 1470. The molecule has 4 aliphatic rings. The van der Waals surface area contributed by atoms with Crippen LogP contribution in [0.2, 0.25) is 0 Å². The standard InChI is InChI=1S/C32H39N7O3.ClH/c40-30-12-11-27(31(41)35-30)39-19-23-15-22(9-10-26(23)32(39)42)18-36(20-24-16-33-28-7-3-1-5-13-37(24)28)21-25-17-34-29-8-4-2-6-14-38(25)29;/h9-10,15-17,27H,1-8,11-14,18-21H2,(H,35,40,41);1H. The van der Waals surface area contributed by atoms with E-state index in [1.54, 1.807) is 4.90 Å². The molecule has 1 unspecified atom stereocenters. The first-order chi connectivity index (χ1) is 20.5. The van der Waals surface area contributed by atoms with Crippen LogP contribution in [0.5, 0.6) is 0 Å². The average molecular weight is 606 g/mol. The SMILES string of the molecule is Cl.O=C1CCC(N2Cc3cc(CN(Cc4cnc5n4CCCCC5)Cc4cnc5n4CCCCC5)ccc3C2=O)C(=O)N1. The van der Waals surface area contributed by atoms with Gasteiger partial charge < -0.3 is 14.0 Å². The fourth-order valence-corrected chi connectivity index (χ4v) is 7.17. The Morgan fingerprint density at radius 1 is 0.814 bits per heavy atom. The summed E-state index contributed by atoms with van der Waals surface area (Å²) in [6.45, 7) is 4.73. The third-order valence-corrected chi connectivity index (χ3v) is 9.37. The molecule has 2 aromatic heterocycles. The molecule has 3 amide bonds. The van der Waals surface area contributed by atoms with Gasteiger partial charge in [-0.2, -0.15) is 0 Å². The van der Waals surface area contributed by atoms with Crippen LogP contribution in [0, 0.1) is 0 Å². The molecule has 1 atom stereocenters. The second-order valence-electron chi connectivity index (χ2n) is 12.3. The topological polar surface area (TPSA) is 105 Å². The Balaban J connectivity index is 0.00000329. The number of aromatic nitrogens is 4. The number of halogens is 1. The number of piperidine rings is 1. The van der Waals surface area contributed by atoms with Crippen molar-refractivity contribution in [3.05, 3.63) is 70.3 Å². The molecule has 7 rings (SSSR count). The van der Waals surface area contributed by atoms with E-state index >= 15 is 0 Å². The van der Waals surface area contributed by atoms with Crippen LogP contribution in [-0.4, -0.2) is 52.7 Å². The summed E-state index contributed by atoms with van der Waals surface area (Å²) in [5.41, 5.74) is 5.24. The molecule has 43 heavy (non-hydrogen) atoms. The Morgan fingerprint density at radius 2 is 1.47 bits per heavy atom. The molecule has 11 heteroatoms. The van der Waals surface area contributed by atoms with Crippen LogP contribution in [0.15, 0.2) is 30.6 Å². The van der Waals surface area contributed by atoms with Crippen molar-refractivity contribution in [1.29, 1.82) is 0 Å². The number of hydrogen-bond donors (Lipinski definition) is 1. The molecule has 0 aliphatic carbocycles. The van der Waals surface area contributed by atoms with Crippen molar-refractivity contribution in [3.8, 4) is 0 Å². The van der Waals surface area contributed by atoms with Crippen LogP contribution in [0.25, 0.3) is 0 Å². The molecule has 3 aromatic rings. The van der Waals surface area contributed by atoms with Crippen LogP contribution in [0.3, 0.4) is 0 Å². The first-order valence-electron chi connectivity index (χ1n) is 15.6. The summed E-state index contributed by atoms with van der Waals surface area (Å²) < 4.78 is 4.85. The number of nitrogens with zero attached hydrogens (tertiary/aromatic N) is 6. The third kappa shape index (κ3) is 5.99. The van der Waals surface area contributed by atoms with E-state index in [0.717, 1.165) is 56.7 Å². The minimum absolute atomic E-state index is 0. The maximum atomic E-state index is 13.2. The highest BCUT2D eigenvalue weighted by Crippen LogP contribution is 2.29. The van der Waals surface area contributed by atoms with Crippen molar-refractivity contribution < 1.29 is 14.4 Å². The van der Waals surface area contributed by atoms with Gasteiger partial charge in [-0.05, 0) is 49.3 Å². The molecule has 0 saturated carbocycles. The number of aryl methyl sites for hydroxylation is 2. The number of imidazole rings is 2. The number of benzene rings is 1. The first kappa shape index (κ1) is 29.6. The van der Waals surface area contributed by atoms with Crippen molar-refractivity contribution in [1.82, 2.24) is 34.2 Å². The molecule has 4 aliphatic heterocycles. The Morgan fingerprint density at radius 3 is 2.09 bits per heavy atom. The number of carbonyl (C=O) groups is 3. The van der Waals surface area contributed by atoms with Gasteiger partial charge in [0.15, 0.2) is 0 Å². The van der Waals surface area contributed by atoms with Gasteiger partial charge in [0.25, 0.3) is 5.91 Å². The van der Waals surface area contributed by atoms with E-state index in [9.17, 15) is 14.4 Å². The van der Waals surface area contributed by atoms with Crippen LogP contribution in [0.1, 0.15) is 95.9 Å². The van der Waals surface area contributed by atoms with Gasteiger partial charge in [-0.1, -0.05) is 25.0 Å². The molecule has 228 valence electrons. The Hall–Kier alpha value is -3.50. The van der Waals surface area contributed by atoms with Crippen LogP contribution >= 0.6 is 12.4 Å². The number of imide groups is 1. The zero-order valence-corrected chi connectivity index (χ0v) is 25.4. The normalized spacial score (nSPS) is 20.2. The van der Waals surface area contributed by atoms with Gasteiger partial charge in [-0.25, -0.2) is 9.97 Å². The van der Waals surface area contributed by atoms with Crippen LogP contribution in [0.4, 0.5) is 0 Å². The highest BCUT2D eigenvalue weighted by molar-refractivity contribution is 6.05. The van der Waals surface area contributed by atoms with Crippen molar-refractivity contribution in [2.24, 2.45) is 0 Å². The summed E-state index contributed by atoms with van der Waals surface area (Å²) in [6.07, 6.45) is 14.1. The molecule has 10 nitrogen and oxygen atoms in total. The van der Waals surface area contributed by atoms with Gasteiger partial charge in [0.2, 0.25) is 11.8 Å². The summed E-state index contributed by atoms with van der Waals surface area (Å²) in [5.74, 6) is 1.62. The second-order valence-corrected chi connectivity index (χ2v) is 12.3. The number of nitrogens with one attached hydrogen (secondary N) is 1. The summed E-state index contributed by atoms with van der Waals surface area (Å²) in [4.78, 5) is 51.1. The second kappa shape index (κ2) is 12.6. The lowest BCUT2D eigenvalue weighted by atomic mass is 10.0. The van der Waals surface area contributed by atoms with Gasteiger partial charge >= 0.3 is 0 Å². The zero-order chi connectivity index (χ0) is 28.6. The fourth-order valence-electron chi connectivity index (χ4n) is 7.17. The van der Waals surface area contributed by atoms with Crippen molar-refractivity contribution in [3.63, 3.8) is 0 Å². The number of carbonyl (C=O) groups excluding carboxylic acids is 3. The fraction of sp³-hybridized carbons (Fsp3) is 0.531. The molecule has 0 radical (unpaired) electrons. The lowest BCUT2D eigenvalue weighted by molar-refractivity contribution is -0.136. The number of amides is 3. The summed E-state index contributed by atoms with van der Waals surface area (Å²) in [5, 5.41) is 2.39. The number of rotatable bonds is 7. The smallest absolute Gasteiger partial charge is 0.255 e. The molecule has 1 N–H and O–H groups in total.